The molecule has 3 rings (SSSR count). The third-order valence-electron chi connectivity index (χ3n) is 3.67. The van der Waals surface area contributed by atoms with Gasteiger partial charge in [0.05, 0.1) is 12.8 Å². The molecular formula is C16H14INO2S. The molecule has 1 aliphatic rings. The highest BCUT2D eigenvalue weighted by molar-refractivity contribution is 14.1. The third-order valence-corrected chi connectivity index (χ3v) is 5.23. The monoisotopic (exact) mass is 411 g/mol. The topological polar surface area (TPSA) is 38.7 Å². The van der Waals surface area contributed by atoms with Gasteiger partial charge in [0.2, 0.25) is 3.79 Å². The molecule has 0 fully saturated rings. The fourth-order valence-corrected chi connectivity index (χ4v) is 3.90. The number of carbonyl (C=O) groups is 1. The quantitative estimate of drug-likeness (QED) is 0.562. The fourth-order valence-electron chi connectivity index (χ4n) is 2.60. The lowest BCUT2D eigenvalue weighted by atomic mass is 9.90. The van der Waals surface area contributed by atoms with Crippen molar-refractivity contribution in [3.8, 4) is 5.75 Å². The van der Waals surface area contributed by atoms with Crippen LogP contribution in [0.2, 0.25) is 0 Å². The van der Waals surface area contributed by atoms with Gasteiger partial charge in [0.15, 0.2) is 0 Å². The van der Waals surface area contributed by atoms with Crippen LogP contribution in [0.15, 0.2) is 46.8 Å². The lowest BCUT2D eigenvalue weighted by molar-refractivity contribution is -0.110. The van der Waals surface area contributed by atoms with E-state index in [-0.39, 0.29) is 15.7 Å². The molecule has 0 radical (unpaired) electrons. The molecule has 1 aromatic heterocycles. The minimum Gasteiger partial charge on any atom is -0.497 e. The van der Waals surface area contributed by atoms with Crippen molar-refractivity contribution < 1.29 is 9.53 Å². The van der Waals surface area contributed by atoms with Crippen LogP contribution in [0, 0.1) is 0 Å². The zero-order valence-corrected chi connectivity index (χ0v) is 14.4. The maximum atomic E-state index is 11.9. The Morgan fingerprint density at radius 3 is 2.67 bits per heavy atom. The number of aliphatic imine (C=N–C) groups is 1. The van der Waals surface area contributed by atoms with Gasteiger partial charge in [0, 0.05) is 39.8 Å². The largest absolute Gasteiger partial charge is 0.497 e. The summed E-state index contributed by atoms with van der Waals surface area (Å²) in [5.74, 6) is 0.950. The predicted octanol–water partition coefficient (Wildman–Crippen LogP) is 4.06. The van der Waals surface area contributed by atoms with Crippen LogP contribution in [0.3, 0.4) is 0 Å². The highest BCUT2D eigenvalue weighted by Crippen LogP contribution is 2.36. The molecule has 0 amide bonds. The lowest BCUT2D eigenvalue weighted by Gasteiger charge is -2.15. The number of thiophene rings is 1. The van der Waals surface area contributed by atoms with Crippen molar-refractivity contribution in [2.75, 3.05) is 7.11 Å². The van der Waals surface area contributed by atoms with Crippen LogP contribution >= 0.6 is 33.9 Å². The summed E-state index contributed by atoms with van der Waals surface area (Å²) < 4.78 is 5.29. The molecule has 0 bridgehead atoms. The molecule has 2 atom stereocenters. The summed E-state index contributed by atoms with van der Waals surface area (Å²) in [6, 6.07) is 11.7. The normalized spacial score (nSPS) is 21.1. The minimum absolute atomic E-state index is 0.0972. The molecule has 108 valence electrons. The number of methoxy groups -OCH3 is 1. The van der Waals surface area contributed by atoms with Crippen molar-refractivity contribution in [2.24, 2.45) is 4.99 Å². The van der Waals surface area contributed by atoms with Gasteiger partial charge in [-0.3, -0.25) is 9.79 Å². The predicted molar refractivity (Wildman–Crippen MR) is 94.0 cm³/mol. The summed E-state index contributed by atoms with van der Waals surface area (Å²) in [5.41, 5.74) is 2.18. The molecule has 0 spiro atoms. The highest BCUT2D eigenvalue weighted by Gasteiger charge is 2.35. The van der Waals surface area contributed by atoms with Crippen LogP contribution in [-0.2, 0) is 4.79 Å². The molecule has 0 saturated heterocycles. The Morgan fingerprint density at radius 2 is 2.10 bits per heavy atom. The number of hydrogen-bond acceptors (Lipinski definition) is 4. The third kappa shape index (κ3) is 3.03. The first-order valence-corrected chi connectivity index (χ1v) is 8.58. The SMILES string of the molecule is COc1ccc(C2CC(c3cccs3)=NC2C(=O)I)cc1. The lowest BCUT2D eigenvalue weighted by Crippen LogP contribution is -2.18. The van der Waals surface area contributed by atoms with Gasteiger partial charge in [-0.05, 0) is 29.1 Å². The van der Waals surface area contributed by atoms with Crippen molar-refractivity contribution in [2.45, 2.75) is 18.4 Å². The van der Waals surface area contributed by atoms with E-state index in [2.05, 4.69) is 11.1 Å². The average molecular weight is 411 g/mol. The van der Waals surface area contributed by atoms with Crippen LogP contribution in [0.1, 0.15) is 22.8 Å². The Morgan fingerprint density at radius 1 is 1.33 bits per heavy atom. The van der Waals surface area contributed by atoms with E-state index in [1.165, 1.54) is 0 Å². The van der Waals surface area contributed by atoms with Crippen LogP contribution in [0.4, 0.5) is 0 Å². The maximum Gasteiger partial charge on any atom is 0.217 e. The van der Waals surface area contributed by atoms with Crippen molar-refractivity contribution >= 4 is 43.4 Å². The standard InChI is InChI=1S/C16H14INO2S/c1-20-11-6-4-10(5-7-11)12-9-13(14-3-2-8-21-14)18-15(12)16(17)19/h2-8,12,15H,9H2,1H3. The summed E-state index contributed by atoms with van der Waals surface area (Å²) in [7, 11) is 1.65. The van der Waals surface area contributed by atoms with Crippen LogP contribution in [0.5, 0.6) is 5.75 Å². The van der Waals surface area contributed by atoms with E-state index in [4.69, 9.17) is 4.74 Å². The minimum atomic E-state index is -0.281. The molecular weight excluding hydrogens is 397 g/mol. The average Bonchev–Trinajstić information content (AvgIpc) is 3.16. The summed E-state index contributed by atoms with van der Waals surface area (Å²) in [6.45, 7) is 0. The van der Waals surface area contributed by atoms with Gasteiger partial charge in [-0.2, -0.15) is 0 Å². The van der Waals surface area contributed by atoms with Crippen LogP contribution in [0.25, 0.3) is 0 Å². The van der Waals surface area contributed by atoms with E-state index in [0.29, 0.717) is 0 Å². The van der Waals surface area contributed by atoms with Crippen molar-refractivity contribution in [3.63, 3.8) is 0 Å². The summed E-state index contributed by atoms with van der Waals surface area (Å²) >= 11 is 3.53. The van der Waals surface area contributed by atoms with E-state index in [1.807, 2.05) is 58.3 Å². The van der Waals surface area contributed by atoms with E-state index in [1.54, 1.807) is 18.4 Å². The first kappa shape index (κ1) is 14.7. The van der Waals surface area contributed by atoms with Gasteiger partial charge >= 0.3 is 0 Å². The van der Waals surface area contributed by atoms with Crippen molar-refractivity contribution in [3.05, 3.63) is 52.2 Å². The molecule has 0 aliphatic carbocycles. The summed E-state index contributed by atoms with van der Waals surface area (Å²) in [6.07, 6.45) is 0.812. The Hall–Kier alpha value is -1.21. The second-order valence-electron chi connectivity index (χ2n) is 4.89. The number of halogens is 1. The van der Waals surface area contributed by atoms with Crippen LogP contribution in [-0.4, -0.2) is 22.7 Å². The Bertz CT molecular complexity index is 664. The number of nitrogens with zero attached hydrogens (tertiary/aromatic N) is 1. The number of benzene rings is 1. The molecule has 0 N–H and O–H groups in total. The smallest absolute Gasteiger partial charge is 0.217 e. The highest BCUT2D eigenvalue weighted by atomic mass is 127. The molecule has 3 nitrogen and oxygen atoms in total. The van der Waals surface area contributed by atoms with Crippen LogP contribution < -0.4 is 4.74 Å². The Labute approximate surface area is 141 Å². The Balaban J connectivity index is 1.90. The fraction of sp³-hybridized carbons (Fsp3) is 0.250. The molecule has 2 unspecified atom stereocenters. The van der Waals surface area contributed by atoms with Gasteiger partial charge in [-0.25, -0.2) is 0 Å². The molecule has 2 heterocycles. The summed E-state index contributed by atoms with van der Waals surface area (Å²) in [5, 5.41) is 2.04. The molecule has 1 aliphatic heterocycles. The zero-order valence-electron chi connectivity index (χ0n) is 11.5. The first-order chi connectivity index (χ1) is 10.2. The number of ether oxygens (including phenoxy) is 1. The number of hydrogen-bond donors (Lipinski definition) is 0. The van der Waals surface area contributed by atoms with Gasteiger partial charge in [-0.1, -0.05) is 18.2 Å². The Kier molecular flexibility index (Phi) is 4.40. The second kappa shape index (κ2) is 6.27. The first-order valence-electron chi connectivity index (χ1n) is 6.63. The number of carbonyl (C=O) groups excluding carboxylic acids is 1. The molecule has 1 aromatic carbocycles. The van der Waals surface area contributed by atoms with Crippen molar-refractivity contribution in [1.29, 1.82) is 0 Å². The molecule has 21 heavy (non-hydrogen) atoms. The van der Waals surface area contributed by atoms with E-state index in [0.717, 1.165) is 28.3 Å². The molecule has 5 heteroatoms. The van der Waals surface area contributed by atoms with Gasteiger partial charge in [0.25, 0.3) is 0 Å². The van der Waals surface area contributed by atoms with E-state index >= 15 is 0 Å². The maximum absolute atomic E-state index is 11.9. The van der Waals surface area contributed by atoms with Gasteiger partial charge in [0.1, 0.15) is 11.8 Å². The zero-order chi connectivity index (χ0) is 14.8. The van der Waals surface area contributed by atoms with E-state index in [9.17, 15) is 4.79 Å². The summed E-state index contributed by atoms with van der Waals surface area (Å²) in [4.78, 5) is 17.8. The molecule has 2 aromatic rings. The van der Waals surface area contributed by atoms with Gasteiger partial charge in [-0.15, -0.1) is 11.3 Å². The van der Waals surface area contributed by atoms with Crippen molar-refractivity contribution in [1.82, 2.24) is 0 Å². The number of rotatable bonds is 4. The van der Waals surface area contributed by atoms with E-state index < -0.39 is 0 Å². The second-order valence-corrected chi connectivity index (χ2v) is 6.90. The molecule has 0 saturated carbocycles. The van der Waals surface area contributed by atoms with Gasteiger partial charge < -0.3 is 4.74 Å².